The van der Waals surface area contributed by atoms with Crippen LogP contribution in [0.15, 0.2) is 0 Å². The number of piperazine rings is 1. The molecular formula is C15H31N3O2. The van der Waals surface area contributed by atoms with Crippen molar-refractivity contribution in [1.29, 1.82) is 0 Å². The Hall–Kier alpha value is -0.650. The molecule has 0 aromatic rings. The maximum absolute atomic E-state index is 12.1. The number of amides is 1. The highest BCUT2D eigenvalue weighted by Crippen LogP contribution is 2.10. The summed E-state index contributed by atoms with van der Waals surface area (Å²) in [5.74, 6) is 0.583. The lowest BCUT2D eigenvalue weighted by atomic mass is 10.1. The van der Waals surface area contributed by atoms with Crippen molar-refractivity contribution in [3.05, 3.63) is 0 Å². The van der Waals surface area contributed by atoms with E-state index in [2.05, 4.69) is 11.8 Å². The molecule has 20 heavy (non-hydrogen) atoms. The minimum Gasteiger partial charge on any atom is -0.384 e. The lowest BCUT2D eigenvalue weighted by Gasteiger charge is -2.35. The summed E-state index contributed by atoms with van der Waals surface area (Å²) in [6.07, 6.45) is 4.15. The average Bonchev–Trinajstić information content (AvgIpc) is 2.44. The largest absolute Gasteiger partial charge is 0.384 e. The Morgan fingerprint density at radius 1 is 1.20 bits per heavy atom. The van der Waals surface area contributed by atoms with Gasteiger partial charge in [-0.25, -0.2) is 0 Å². The Kier molecular flexibility index (Phi) is 8.82. The molecule has 1 rings (SSSR count). The molecule has 0 aliphatic carbocycles. The van der Waals surface area contributed by atoms with Gasteiger partial charge < -0.3 is 15.4 Å². The molecule has 5 nitrogen and oxygen atoms in total. The van der Waals surface area contributed by atoms with Gasteiger partial charge in [-0.3, -0.25) is 9.69 Å². The summed E-state index contributed by atoms with van der Waals surface area (Å²) in [7, 11) is 1.68. The van der Waals surface area contributed by atoms with E-state index in [0.717, 1.165) is 45.7 Å². The van der Waals surface area contributed by atoms with Crippen molar-refractivity contribution in [1.82, 2.24) is 9.80 Å². The molecule has 0 aromatic heterocycles. The van der Waals surface area contributed by atoms with E-state index >= 15 is 0 Å². The molecule has 1 amide bonds. The Labute approximate surface area is 123 Å². The second-order valence-corrected chi connectivity index (χ2v) is 5.84. The minimum atomic E-state index is 0.275. The summed E-state index contributed by atoms with van der Waals surface area (Å²) in [6, 6.07) is 0. The van der Waals surface area contributed by atoms with Gasteiger partial charge in [0.05, 0.1) is 0 Å². The van der Waals surface area contributed by atoms with Gasteiger partial charge in [-0.15, -0.1) is 0 Å². The molecule has 1 atom stereocenters. The zero-order valence-corrected chi connectivity index (χ0v) is 13.1. The zero-order chi connectivity index (χ0) is 14.8. The van der Waals surface area contributed by atoms with Crippen LogP contribution >= 0.6 is 0 Å². The van der Waals surface area contributed by atoms with Crippen molar-refractivity contribution in [2.45, 2.75) is 32.6 Å². The molecule has 2 N–H and O–H groups in total. The van der Waals surface area contributed by atoms with Crippen molar-refractivity contribution in [3.8, 4) is 0 Å². The fraction of sp³-hybridized carbons (Fsp3) is 0.933. The van der Waals surface area contributed by atoms with Gasteiger partial charge in [0.2, 0.25) is 5.91 Å². The van der Waals surface area contributed by atoms with Gasteiger partial charge in [-0.1, -0.05) is 13.3 Å². The zero-order valence-electron chi connectivity index (χ0n) is 13.1. The van der Waals surface area contributed by atoms with Crippen molar-refractivity contribution in [3.63, 3.8) is 0 Å². The molecule has 1 aliphatic rings. The van der Waals surface area contributed by atoms with Crippen LogP contribution in [0, 0.1) is 5.92 Å². The number of unbranched alkanes of at least 4 members (excludes halogenated alkanes) is 2. The lowest BCUT2D eigenvalue weighted by molar-refractivity contribution is -0.134. The molecule has 1 heterocycles. The third kappa shape index (κ3) is 6.68. The normalized spacial score (nSPS) is 18.2. The number of hydrogen-bond donors (Lipinski definition) is 1. The smallest absolute Gasteiger partial charge is 0.223 e. The van der Waals surface area contributed by atoms with Crippen LogP contribution in [-0.2, 0) is 9.53 Å². The minimum absolute atomic E-state index is 0.275. The number of nitrogens with two attached hydrogens (primary N) is 1. The van der Waals surface area contributed by atoms with Crippen molar-refractivity contribution < 1.29 is 9.53 Å². The molecule has 0 radical (unpaired) electrons. The van der Waals surface area contributed by atoms with E-state index in [1.165, 1.54) is 12.8 Å². The summed E-state index contributed by atoms with van der Waals surface area (Å²) in [5, 5.41) is 0. The summed E-state index contributed by atoms with van der Waals surface area (Å²) in [4.78, 5) is 16.6. The van der Waals surface area contributed by atoms with Crippen LogP contribution in [-0.4, -0.2) is 68.7 Å². The molecular weight excluding hydrogens is 254 g/mol. The second kappa shape index (κ2) is 10.1. The molecule has 0 bridgehead atoms. The third-order valence-corrected chi connectivity index (χ3v) is 3.88. The predicted octanol–water partition coefficient (Wildman–Crippen LogP) is 0.932. The molecule has 118 valence electrons. The highest BCUT2D eigenvalue weighted by atomic mass is 16.5. The van der Waals surface area contributed by atoms with Crippen molar-refractivity contribution in [2.24, 2.45) is 11.7 Å². The van der Waals surface area contributed by atoms with Gasteiger partial charge in [0, 0.05) is 46.3 Å². The van der Waals surface area contributed by atoms with E-state index in [-0.39, 0.29) is 5.91 Å². The average molecular weight is 285 g/mol. The van der Waals surface area contributed by atoms with Crippen molar-refractivity contribution in [2.75, 3.05) is 53.0 Å². The molecule has 1 saturated heterocycles. The van der Waals surface area contributed by atoms with Crippen LogP contribution in [0.25, 0.3) is 0 Å². The van der Waals surface area contributed by atoms with Crippen LogP contribution < -0.4 is 5.73 Å². The lowest BCUT2D eigenvalue weighted by Crippen LogP contribution is -2.49. The van der Waals surface area contributed by atoms with Crippen LogP contribution in [0.5, 0.6) is 0 Å². The van der Waals surface area contributed by atoms with E-state index in [4.69, 9.17) is 10.5 Å². The molecule has 0 aromatic carbocycles. The highest BCUT2D eigenvalue weighted by Gasteiger charge is 2.21. The van der Waals surface area contributed by atoms with E-state index in [1.54, 1.807) is 7.11 Å². The number of carbonyl (C=O) groups excluding carboxylic acids is 1. The fourth-order valence-corrected chi connectivity index (χ4v) is 2.65. The predicted molar refractivity (Wildman–Crippen MR) is 81.6 cm³/mol. The quantitative estimate of drug-likeness (QED) is 0.640. The molecule has 1 aliphatic heterocycles. The first kappa shape index (κ1) is 17.4. The van der Waals surface area contributed by atoms with E-state index in [0.29, 0.717) is 18.9 Å². The fourth-order valence-electron chi connectivity index (χ4n) is 2.65. The Morgan fingerprint density at radius 2 is 1.90 bits per heavy atom. The van der Waals surface area contributed by atoms with E-state index in [1.807, 2.05) is 4.90 Å². The van der Waals surface area contributed by atoms with Crippen LogP contribution in [0.4, 0.5) is 0 Å². The number of rotatable bonds is 9. The van der Waals surface area contributed by atoms with Gasteiger partial charge in [0.25, 0.3) is 0 Å². The monoisotopic (exact) mass is 285 g/mol. The van der Waals surface area contributed by atoms with Gasteiger partial charge in [0.1, 0.15) is 0 Å². The molecule has 0 saturated carbocycles. The number of nitrogens with zero attached hydrogens (tertiary/aromatic N) is 2. The summed E-state index contributed by atoms with van der Waals surface area (Å²) < 4.78 is 5.09. The topological polar surface area (TPSA) is 58.8 Å². The molecule has 5 heteroatoms. The summed E-state index contributed by atoms with van der Waals surface area (Å²) in [5.41, 5.74) is 5.49. The third-order valence-electron chi connectivity index (χ3n) is 3.88. The maximum atomic E-state index is 12.1. The molecule has 1 fully saturated rings. The van der Waals surface area contributed by atoms with E-state index < -0.39 is 0 Å². The summed E-state index contributed by atoms with van der Waals surface area (Å²) in [6.45, 7) is 8.41. The van der Waals surface area contributed by atoms with Crippen LogP contribution in [0.1, 0.15) is 32.6 Å². The van der Waals surface area contributed by atoms with Crippen LogP contribution in [0.2, 0.25) is 0 Å². The van der Waals surface area contributed by atoms with Crippen molar-refractivity contribution >= 4 is 5.91 Å². The standard InChI is InChI=1S/C15H31N3O2/c1-14(13-20-2)12-15(19)18-10-8-17(9-11-18)7-5-3-4-6-16/h14H,3-13,16H2,1-2H3. The first-order valence-corrected chi connectivity index (χ1v) is 7.86. The number of hydrogen-bond acceptors (Lipinski definition) is 4. The van der Waals surface area contributed by atoms with Gasteiger partial charge in [-0.05, 0) is 31.8 Å². The number of methoxy groups -OCH3 is 1. The SMILES string of the molecule is COCC(C)CC(=O)N1CCN(CCCCCN)CC1. The summed E-state index contributed by atoms with van der Waals surface area (Å²) >= 11 is 0. The first-order valence-electron chi connectivity index (χ1n) is 7.86. The Balaban J connectivity index is 2.16. The Morgan fingerprint density at radius 3 is 2.50 bits per heavy atom. The molecule has 0 spiro atoms. The number of ether oxygens (including phenoxy) is 1. The maximum Gasteiger partial charge on any atom is 0.223 e. The van der Waals surface area contributed by atoms with E-state index in [9.17, 15) is 4.79 Å². The highest BCUT2D eigenvalue weighted by molar-refractivity contribution is 5.76. The molecule has 1 unspecified atom stereocenters. The van der Waals surface area contributed by atoms with Gasteiger partial charge in [-0.2, -0.15) is 0 Å². The Bertz CT molecular complexity index is 266. The number of carbonyl (C=O) groups is 1. The van der Waals surface area contributed by atoms with Gasteiger partial charge >= 0.3 is 0 Å². The van der Waals surface area contributed by atoms with Gasteiger partial charge in [0.15, 0.2) is 0 Å². The second-order valence-electron chi connectivity index (χ2n) is 5.84. The first-order chi connectivity index (χ1) is 9.67. The van der Waals surface area contributed by atoms with Crippen LogP contribution in [0.3, 0.4) is 0 Å².